The standard InChI is InChI=1S/C25H37N3O3SSi/c1-17-11-12-21(20(15-17)22(29)18-9-7-8-10-18)27-23(30)28-24-26-19(16-32-24)13-14-31-33(5,6)25(2,3)4/h11-12,15-16,18H,7-10,13-14H2,1-6H3,(H2,26,27,28,30). The first-order chi connectivity index (χ1) is 15.5. The van der Waals surface area contributed by atoms with Gasteiger partial charge >= 0.3 is 6.03 Å². The zero-order valence-corrected chi connectivity index (χ0v) is 22.5. The lowest BCUT2D eigenvalue weighted by Gasteiger charge is -2.36. The van der Waals surface area contributed by atoms with E-state index in [1.165, 1.54) is 11.3 Å². The lowest BCUT2D eigenvalue weighted by atomic mass is 9.94. The number of Topliss-reactive ketones (excluding diaryl/α,β-unsaturated/α-hetero) is 1. The molecule has 33 heavy (non-hydrogen) atoms. The van der Waals surface area contributed by atoms with Crippen molar-refractivity contribution in [2.75, 3.05) is 17.2 Å². The summed E-state index contributed by atoms with van der Waals surface area (Å²) in [6, 6.07) is 5.20. The minimum absolute atomic E-state index is 0.0606. The van der Waals surface area contributed by atoms with Gasteiger partial charge in [-0.3, -0.25) is 10.1 Å². The Morgan fingerprint density at radius 2 is 1.88 bits per heavy atom. The van der Waals surface area contributed by atoms with Crippen LogP contribution in [0.5, 0.6) is 0 Å². The molecule has 180 valence electrons. The third kappa shape index (κ3) is 6.74. The molecule has 0 atom stereocenters. The Morgan fingerprint density at radius 3 is 2.55 bits per heavy atom. The summed E-state index contributed by atoms with van der Waals surface area (Å²) in [5, 5.41) is 8.32. The summed E-state index contributed by atoms with van der Waals surface area (Å²) in [6.07, 6.45) is 4.76. The van der Waals surface area contributed by atoms with E-state index in [9.17, 15) is 9.59 Å². The molecule has 1 fully saturated rings. The number of rotatable bonds is 8. The lowest BCUT2D eigenvalue weighted by molar-refractivity contribution is 0.0923. The molecule has 2 aromatic rings. The molecule has 1 aliphatic rings. The van der Waals surface area contributed by atoms with Crippen LogP contribution in [0.4, 0.5) is 15.6 Å². The summed E-state index contributed by atoms with van der Waals surface area (Å²) in [5.41, 5.74) is 3.06. The number of carbonyl (C=O) groups excluding carboxylic acids is 2. The van der Waals surface area contributed by atoms with Crippen LogP contribution < -0.4 is 10.6 Å². The first-order valence-electron chi connectivity index (χ1n) is 11.8. The van der Waals surface area contributed by atoms with Gasteiger partial charge < -0.3 is 9.74 Å². The van der Waals surface area contributed by atoms with Crippen LogP contribution in [0.1, 0.15) is 68.1 Å². The van der Waals surface area contributed by atoms with E-state index in [1.54, 1.807) is 0 Å². The van der Waals surface area contributed by atoms with E-state index >= 15 is 0 Å². The number of nitrogens with zero attached hydrogens (tertiary/aromatic N) is 1. The second-order valence-corrected chi connectivity index (χ2v) is 16.1. The maximum atomic E-state index is 13.0. The van der Waals surface area contributed by atoms with Gasteiger partial charge in [0.05, 0.1) is 11.4 Å². The number of carbonyl (C=O) groups is 2. The fourth-order valence-electron chi connectivity index (χ4n) is 3.74. The van der Waals surface area contributed by atoms with E-state index in [4.69, 9.17) is 4.43 Å². The summed E-state index contributed by atoms with van der Waals surface area (Å²) in [6.45, 7) is 13.7. The van der Waals surface area contributed by atoms with Crippen molar-refractivity contribution in [2.45, 2.75) is 77.9 Å². The third-order valence-corrected chi connectivity index (χ3v) is 12.2. The number of anilines is 2. The second-order valence-electron chi connectivity index (χ2n) is 10.5. The maximum absolute atomic E-state index is 13.0. The Balaban J connectivity index is 1.58. The van der Waals surface area contributed by atoms with Crippen LogP contribution in [0.3, 0.4) is 0 Å². The zero-order valence-electron chi connectivity index (χ0n) is 20.7. The van der Waals surface area contributed by atoms with Crippen molar-refractivity contribution in [3.8, 4) is 0 Å². The van der Waals surface area contributed by atoms with Crippen molar-refractivity contribution >= 4 is 42.3 Å². The average Bonchev–Trinajstić information content (AvgIpc) is 3.40. The monoisotopic (exact) mass is 487 g/mol. The van der Waals surface area contributed by atoms with E-state index in [0.717, 1.165) is 36.9 Å². The Kier molecular flexibility index (Phi) is 8.13. The minimum Gasteiger partial charge on any atom is -0.416 e. The molecule has 1 aliphatic carbocycles. The number of hydrogen-bond donors (Lipinski definition) is 2. The van der Waals surface area contributed by atoms with Crippen LogP contribution in [0.15, 0.2) is 23.6 Å². The molecule has 6 nitrogen and oxygen atoms in total. The Bertz CT molecular complexity index is 991. The van der Waals surface area contributed by atoms with Gasteiger partial charge in [0.25, 0.3) is 0 Å². The van der Waals surface area contributed by atoms with Gasteiger partial charge in [0, 0.05) is 29.9 Å². The third-order valence-electron chi connectivity index (χ3n) is 6.81. The second kappa shape index (κ2) is 10.5. The normalized spacial score (nSPS) is 15.0. The predicted molar refractivity (Wildman–Crippen MR) is 139 cm³/mol. The highest BCUT2D eigenvalue weighted by Crippen LogP contribution is 2.36. The molecular weight excluding hydrogens is 450 g/mol. The molecule has 3 rings (SSSR count). The van der Waals surface area contributed by atoms with Crippen LogP contribution in [-0.4, -0.2) is 31.7 Å². The fourth-order valence-corrected chi connectivity index (χ4v) is 5.52. The molecule has 1 aromatic heterocycles. The van der Waals surface area contributed by atoms with Crippen LogP contribution >= 0.6 is 11.3 Å². The summed E-state index contributed by atoms with van der Waals surface area (Å²) < 4.78 is 6.23. The molecule has 0 unspecified atom stereocenters. The highest BCUT2D eigenvalue weighted by molar-refractivity contribution is 7.13. The van der Waals surface area contributed by atoms with E-state index in [0.29, 0.717) is 29.4 Å². The first-order valence-corrected chi connectivity index (χ1v) is 15.6. The van der Waals surface area contributed by atoms with E-state index in [1.807, 2.05) is 30.5 Å². The Morgan fingerprint density at radius 1 is 1.18 bits per heavy atom. The number of ketones is 1. The Hall–Kier alpha value is -2.03. The highest BCUT2D eigenvalue weighted by Gasteiger charge is 2.36. The number of aromatic nitrogens is 1. The van der Waals surface area contributed by atoms with Gasteiger partial charge in [-0.2, -0.15) is 0 Å². The van der Waals surface area contributed by atoms with Crippen molar-refractivity contribution < 1.29 is 14.0 Å². The molecule has 2 N–H and O–H groups in total. The van der Waals surface area contributed by atoms with E-state index < -0.39 is 14.3 Å². The number of urea groups is 1. The highest BCUT2D eigenvalue weighted by atomic mass is 32.1. The molecule has 2 amide bonds. The van der Waals surface area contributed by atoms with Gasteiger partial charge in [-0.25, -0.2) is 9.78 Å². The molecule has 1 aromatic carbocycles. The SMILES string of the molecule is Cc1ccc(NC(=O)Nc2nc(CCO[Si](C)(C)C(C)(C)C)cs2)c(C(=O)C2CCCC2)c1. The minimum atomic E-state index is -1.78. The van der Waals surface area contributed by atoms with Gasteiger partial charge in [-0.05, 0) is 50.0 Å². The van der Waals surface area contributed by atoms with Crippen molar-refractivity contribution in [3.05, 3.63) is 40.4 Å². The Labute approximate surface area is 202 Å². The fraction of sp³-hybridized carbons (Fsp3) is 0.560. The zero-order chi connectivity index (χ0) is 24.2. The number of amides is 2. The summed E-state index contributed by atoms with van der Waals surface area (Å²) in [4.78, 5) is 30.2. The number of hydrogen-bond acceptors (Lipinski definition) is 5. The van der Waals surface area contributed by atoms with Crippen LogP contribution in [0.25, 0.3) is 0 Å². The van der Waals surface area contributed by atoms with Crippen molar-refractivity contribution in [2.24, 2.45) is 5.92 Å². The summed E-state index contributed by atoms with van der Waals surface area (Å²) >= 11 is 1.39. The van der Waals surface area contributed by atoms with Gasteiger partial charge in [0.1, 0.15) is 0 Å². The number of thiazole rings is 1. The molecule has 8 heteroatoms. The predicted octanol–water partition coefficient (Wildman–Crippen LogP) is 7.03. The van der Waals surface area contributed by atoms with Crippen molar-refractivity contribution in [1.29, 1.82) is 0 Å². The maximum Gasteiger partial charge on any atom is 0.325 e. The quantitative estimate of drug-likeness (QED) is 0.309. The molecule has 0 radical (unpaired) electrons. The average molecular weight is 488 g/mol. The van der Waals surface area contributed by atoms with Gasteiger partial charge in [-0.1, -0.05) is 45.2 Å². The molecule has 1 saturated carbocycles. The van der Waals surface area contributed by atoms with Gasteiger partial charge in [0.15, 0.2) is 19.2 Å². The number of benzene rings is 1. The molecule has 0 spiro atoms. The van der Waals surface area contributed by atoms with Gasteiger partial charge in [0.2, 0.25) is 0 Å². The smallest absolute Gasteiger partial charge is 0.325 e. The van der Waals surface area contributed by atoms with Crippen molar-refractivity contribution in [3.63, 3.8) is 0 Å². The van der Waals surface area contributed by atoms with Crippen LogP contribution in [0, 0.1) is 12.8 Å². The summed E-state index contributed by atoms with van der Waals surface area (Å²) in [5.74, 6) is 0.190. The molecule has 0 aliphatic heterocycles. The van der Waals surface area contributed by atoms with E-state index in [-0.39, 0.29) is 16.7 Å². The molecule has 0 saturated heterocycles. The lowest BCUT2D eigenvalue weighted by Crippen LogP contribution is -2.41. The van der Waals surface area contributed by atoms with Crippen LogP contribution in [0.2, 0.25) is 18.1 Å². The van der Waals surface area contributed by atoms with Crippen LogP contribution in [-0.2, 0) is 10.8 Å². The molecule has 0 bridgehead atoms. The topological polar surface area (TPSA) is 80.3 Å². The first kappa shape index (κ1) is 25.6. The number of aryl methyl sites for hydroxylation is 1. The molecule has 1 heterocycles. The van der Waals surface area contributed by atoms with Crippen molar-refractivity contribution in [1.82, 2.24) is 4.98 Å². The van der Waals surface area contributed by atoms with E-state index in [2.05, 4.69) is 49.5 Å². The van der Waals surface area contributed by atoms with Gasteiger partial charge in [-0.15, -0.1) is 11.3 Å². The number of nitrogens with one attached hydrogen (secondary N) is 2. The molecular formula is C25H37N3O3SSi. The largest absolute Gasteiger partial charge is 0.416 e. The summed E-state index contributed by atoms with van der Waals surface area (Å²) in [7, 11) is -1.78.